The average Bonchev–Trinajstić information content (AvgIpc) is 1.96. The first-order valence-electron chi connectivity index (χ1n) is 3.35. The average molecular weight is 300 g/mol. The first-order chi connectivity index (χ1) is 5.52. The Morgan fingerprint density at radius 2 is 2.17 bits per heavy atom. The topological polar surface area (TPSA) is 20.2 Å². The van der Waals surface area contributed by atoms with Gasteiger partial charge in [0, 0.05) is 10.6 Å². The maximum absolute atomic E-state index is 13.2. The highest BCUT2D eigenvalue weighted by Crippen LogP contribution is 2.25. The lowest BCUT2D eigenvalue weighted by Crippen LogP contribution is -1.97. The summed E-state index contributed by atoms with van der Waals surface area (Å²) in [4.78, 5) is 0. The summed E-state index contributed by atoms with van der Waals surface area (Å²) in [5.41, 5.74) is 0.243. The highest BCUT2D eigenvalue weighted by atomic mass is 127. The Hall–Kier alpha value is 0.130. The maximum atomic E-state index is 13.2. The molecule has 0 saturated carbocycles. The number of hydrogen-bond acceptors (Lipinski definition) is 1. The van der Waals surface area contributed by atoms with E-state index in [4.69, 9.17) is 16.7 Å². The zero-order valence-corrected chi connectivity index (χ0v) is 9.23. The van der Waals surface area contributed by atoms with E-state index in [0.717, 1.165) is 0 Å². The third-order valence-electron chi connectivity index (χ3n) is 1.47. The lowest BCUT2D eigenvalue weighted by molar-refractivity contribution is 0.194. The van der Waals surface area contributed by atoms with Crippen molar-refractivity contribution in [3.05, 3.63) is 32.1 Å². The largest absolute Gasteiger partial charge is 0.389 e. The summed E-state index contributed by atoms with van der Waals surface area (Å²) < 4.78 is 13.6. The fourth-order valence-electron chi connectivity index (χ4n) is 0.880. The molecule has 0 saturated heterocycles. The van der Waals surface area contributed by atoms with Crippen molar-refractivity contribution < 1.29 is 9.50 Å². The molecule has 0 aliphatic heterocycles. The normalized spacial score (nSPS) is 13.1. The van der Waals surface area contributed by atoms with Crippen LogP contribution in [-0.2, 0) is 0 Å². The van der Waals surface area contributed by atoms with Crippen LogP contribution in [0, 0.1) is 9.39 Å². The van der Waals surface area contributed by atoms with Gasteiger partial charge in [0.2, 0.25) is 0 Å². The van der Waals surface area contributed by atoms with E-state index in [1.807, 2.05) is 22.6 Å². The molecular weight excluding hydrogens is 293 g/mol. The lowest BCUT2D eigenvalue weighted by Gasteiger charge is -2.07. The van der Waals surface area contributed by atoms with Crippen molar-refractivity contribution in [3.8, 4) is 0 Å². The van der Waals surface area contributed by atoms with Gasteiger partial charge in [-0.15, -0.1) is 0 Å². The predicted octanol–water partition coefficient (Wildman–Crippen LogP) is 3.14. The van der Waals surface area contributed by atoms with Crippen LogP contribution in [0.2, 0.25) is 5.02 Å². The SMILES string of the molecule is CC(O)c1cc(Cl)cc(I)c1F. The Morgan fingerprint density at radius 1 is 1.58 bits per heavy atom. The van der Waals surface area contributed by atoms with Gasteiger partial charge in [0.25, 0.3) is 0 Å². The maximum Gasteiger partial charge on any atom is 0.142 e. The van der Waals surface area contributed by atoms with E-state index >= 15 is 0 Å². The number of rotatable bonds is 1. The molecular formula is C8H7ClFIO. The van der Waals surface area contributed by atoms with E-state index in [-0.39, 0.29) is 5.56 Å². The molecule has 0 amide bonds. The van der Waals surface area contributed by atoms with Crippen molar-refractivity contribution in [1.29, 1.82) is 0 Å². The van der Waals surface area contributed by atoms with Crippen LogP contribution in [0.25, 0.3) is 0 Å². The van der Waals surface area contributed by atoms with E-state index in [1.165, 1.54) is 19.1 Å². The minimum absolute atomic E-state index is 0.243. The van der Waals surface area contributed by atoms with E-state index in [0.29, 0.717) is 8.59 Å². The molecule has 0 radical (unpaired) electrons. The first-order valence-corrected chi connectivity index (χ1v) is 4.80. The van der Waals surface area contributed by atoms with Crippen LogP contribution in [0.1, 0.15) is 18.6 Å². The molecule has 1 atom stereocenters. The second kappa shape index (κ2) is 3.89. The molecule has 0 heterocycles. The third-order valence-corrected chi connectivity index (χ3v) is 2.47. The zero-order chi connectivity index (χ0) is 9.30. The van der Waals surface area contributed by atoms with E-state index in [9.17, 15) is 4.39 Å². The quantitative estimate of drug-likeness (QED) is 0.624. The molecule has 1 aromatic carbocycles. The molecule has 66 valence electrons. The molecule has 0 aromatic heterocycles. The summed E-state index contributed by atoms with van der Waals surface area (Å²) in [6.45, 7) is 1.50. The summed E-state index contributed by atoms with van der Waals surface area (Å²) in [5.74, 6) is -0.394. The summed E-state index contributed by atoms with van der Waals surface area (Å²) >= 11 is 7.52. The zero-order valence-electron chi connectivity index (χ0n) is 6.31. The van der Waals surface area contributed by atoms with Gasteiger partial charge >= 0.3 is 0 Å². The van der Waals surface area contributed by atoms with Crippen molar-refractivity contribution in [2.45, 2.75) is 13.0 Å². The van der Waals surface area contributed by atoms with Gasteiger partial charge in [0.05, 0.1) is 9.67 Å². The lowest BCUT2D eigenvalue weighted by atomic mass is 10.1. The minimum Gasteiger partial charge on any atom is -0.389 e. The van der Waals surface area contributed by atoms with Gasteiger partial charge < -0.3 is 5.11 Å². The van der Waals surface area contributed by atoms with Crippen molar-refractivity contribution in [3.63, 3.8) is 0 Å². The second-order valence-electron chi connectivity index (χ2n) is 2.47. The molecule has 4 heteroatoms. The van der Waals surface area contributed by atoms with Crippen LogP contribution in [0.15, 0.2) is 12.1 Å². The summed E-state index contributed by atoms with van der Waals surface area (Å²) in [7, 11) is 0. The van der Waals surface area contributed by atoms with Crippen LogP contribution in [0.4, 0.5) is 4.39 Å². The molecule has 1 unspecified atom stereocenters. The summed E-state index contributed by atoms with van der Waals surface area (Å²) in [6, 6.07) is 2.95. The molecule has 1 nitrogen and oxygen atoms in total. The Kier molecular flexibility index (Phi) is 3.31. The van der Waals surface area contributed by atoms with Crippen LogP contribution in [0.3, 0.4) is 0 Å². The number of halogens is 3. The fourth-order valence-corrected chi connectivity index (χ4v) is 1.94. The number of hydrogen-bond donors (Lipinski definition) is 1. The molecule has 1 aromatic rings. The van der Waals surface area contributed by atoms with Gasteiger partial charge in [-0.1, -0.05) is 11.6 Å². The predicted molar refractivity (Wildman–Crippen MR) is 54.8 cm³/mol. The Labute approximate surface area is 88.7 Å². The van der Waals surface area contributed by atoms with Crippen LogP contribution in [-0.4, -0.2) is 5.11 Å². The van der Waals surface area contributed by atoms with Gasteiger partial charge in [0.1, 0.15) is 5.82 Å². The van der Waals surface area contributed by atoms with Crippen molar-refractivity contribution in [2.75, 3.05) is 0 Å². The second-order valence-corrected chi connectivity index (χ2v) is 4.07. The summed E-state index contributed by atoms with van der Waals surface area (Å²) in [5, 5.41) is 9.59. The molecule has 0 aliphatic carbocycles. The molecule has 12 heavy (non-hydrogen) atoms. The number of aliphatic hydroxyl groups is 1. The highest BCUT2D eigenvalue weighted by Gasteiger charge is 2.11. The first kappa shape index (κ1) is 10.2. The van der Waals surface area contributed by atoms with Crippen LogP contribution < -0.4 is 0 Å². The van der Waals surface area contributed by atoms with Crippen molar-refractivity contribution in [2.24, 2.45) is 0 Å². The molecule has 1 rings (SSSR count). The highest BCUT2D eigenvalue weighted by molar-refractivity contribution is 14.1. The van der Waals surface area contributed by atoms with E-state index in [2.05, 4.69) is 0 Å². The minimum atomic E-state index is -0.822. The van der Waals surface area contributed by atoms with Gasteiger partial charge in [-0.05, 0) is 41.6 Å². The number of aliphatic hydroxyl groups excluding tert-OH is 1. The molecule has 1 N–H and O–H groups in total. The van der Waals surface area contributed by atoms with E-state index < -0.39 is 11.9 Å². The molecule has 0 aliphatic rings. The Morgan fingerprint density at radius 3 is 2.67 bits per heavy atom. The van der Waals surface area contributed by atoms with Crippen molar-refractivity contribution >= 4 is 34.2 Å². The van der Waals surface area contributed by atoms with E-state index in [1.54, 1.807) is 0 Å². The van der Waals surface area contributed by atoms with Crippen molar-refractivity contribution in [1.82, 2.24) is 0 Å². The van der Waals surface area contributed by atoms with Gasteiger partial charge in [-0.25, -0.2) is 4.39 Å². The Balaban J connectivity index is 3.28. The Bertz CT molecular complexity index is 301. The smallest absolute Gasteiger partial charge is 0.142 e. The van der Waals surface area contributed by atoms with Gasteiger partial charge in [-0.2, -0.15) is 0 Å². The van der Waals surface area contributed by atoms with Crippen LogP contribution >= 0.6 is 34.2 Å². The fraction of sp³-hybridized carbons (Fsp3) is 0.250. The van der Waals surface area contributed by atoms with Gasteiger partial charge in [-0.3, -0.25) is 0 Å². The van der Waals surface area contributed by atoms with Gasteiger partial charge in [0.15, 0.2) is 0 Å². The summed E-state index contributed by atoms with van der Waals surface area (Å²) in [6.07, 6.45) is -0.822. The van der Waals surface area contributed by atoms with Crippen LogP contribution in [0.5, 0.6) is 0 Å². The standard InChI is InChI=1S/C8H7ClFIO/c1-4(12)6-2-5(9)3-7(11)8(6)10/h2-4,12H,1H3. The third kappa shape index (κ3) is 2.08. The molecule has 0 spiro atoms. The molecule has 0 fully saturated rings. The monoisotopic (exact) mass is 300 g/mol. The molecule has 0 bridgehead atoms. The number of benzene rings is 1.